The molecule has 2 aromatic rings. The second-order valence-corrected chi connectivity index (χ2v) is 4.20. The molecule has 1 aliphatic heterocycles. The van der Waals surface area contributed by atoms with Crippen molar-refractivity contribution in [2.45, 2.75) is 6.42 Å². The highest BCUT2D eigenvalue weighted by atomic mass is 16.5. The number of nitrogens with two attached hydrogens (primary N) is 1. The Bertz CT molecular complexity index is 606. The fourth-order valence-electron chi connectivity index (χ4n) is 2.07. The zero-order valence-corrected chi connectivity index (χ0v) is 9.72. The molecule has 0 unspecified atom stereocenters. The van der Waals surface area contributed by atoms with Crippen LogP contribution in [-0.4, -0.2) is 17.4 Å². The molecule has 4 heteroatoms. The summed E-state index contributed by atoms with van der Waals surface area (Å²) in [4.78, 5) is 16.4. The molecule has 90 valence electrons. The van der Waals surface area contributed by atoms with Crippen molar-refractivity contribution < 1.29 is 9.53 Å². The van der Waals surface area contributed by atoms with Crippen molar-refractivity contribution in [3.63, 3.8) is 0 Å². The van der Waals surface area contributed by atoms with Gasteiger partial charge in [0.1, 0.15) is 11.4 Å². The summed E-state index contributed by atoms with van der Waals surface area (Å²) in [6, 6.07) is 8.92. The molecule has 0 spiro atoms. The summed E-state index contributed by atoms with van der Waals surface area (Å²) < 4.78 is 5.52. The van der Waals surface area contributed by atoms with Crippen LogP contribution in [0.15, 0.2) is 36.5 Å². The van der Waals surface area contributed by atoms with Gasteiger partial charge in [-0.15, -0.1) is 0 Å². The standard InChI is InChI=1S/C14H12N2O2/c15-10-4-5-12(16-8-10)13(17)11-3-1-2-9-6-7-18-14(9)11/h1-5,8H,6-7,15H2. The van der Waals surface area contributed by atoms with Crippen LogP contribution in [0.4, 0.5) is 5.69 Å². The van der Waals surface area contributed by atoms with E-state index >= 15 is 0 Å². The van der Waals surface area contributed by atoms with E-state index in [1.165, 1.54) is 6.20 Å². The molecule has 0 saturated carbocycles. The van der Waals surface area contributed by atoms with Gasteiger partial charge in [0, 0.05) is 6.42 Å². The normalized spacial score (nSPS) is 12.9. The molecule has 18 heavy (non-hydrogen) atoms. The quantitative estimate of drug-likeness (QED) is 0.813. The van der Waals surface area contributed by atoms with Crippen LogP contribution in [0.2, 0.25) is 0 Å². The first kappa shape index (κ1) is 10.8. The monoisotopic (exact) mass is 240 g/mol. The maximum Gasteiger partial charge on any atom is 0.215 e. The van der Waals surface area contributed by atoms with Crippen LogP contribution in [-0.2, 0) is 6.42 Å². The Morgan fingerprint density at radius 1 is 1.28 bits per heavy atom. The van der Waals surface area contributed by atoms with E-state index in [-0.39, 0.29) is 5.78 Å². The van der Waals surface area contributed by atoms with E-state index in [9.17, 15) is 4.79 Å². The highest BCUT2D eigenvalue weighted by Gasteiger charge is 2.21. The van der Waals surface area contributed by atoms with Gasteiger partial charge in [-0.1, -0.05) is 12.1 Å². The number of nitrogen functional groups attached to an aromatic ring is 1. The fourth-order valence-corrected chi connectivity index (χ4v) is 2.07. The number of anilines is 1. The molecule has 0 atom stereocenters. The van der Waals surface area contributed by atoms with Gasteiger partial charge >= 0.3 is 0 Å². The van der Waals surface area contributed by atoms with Gasteiger partial charge in [-0.05, 0) is 23.8 Å². The first-order chi connectivity index (χ1) is 8.75. The molecule has 1 aliphatic rings. The third-order valence-corrected chi connectivity index (χ3v) is 2.98. The average Bonchev–Trinajstić information content (AvgIpc) is 2.87. The number of aromatic nitrogens is 1. The second kappa shape index (κ2) is 4.14. The second-order valence-electron chi connectivity index (χ2n) is 4.20. The molecule has 0 amide bonds. The summed E-state index contributed by atoms with van der Waals surface area (Å²) in [6.45, 7) is 0.634. The van der Waals surface area contributed by atoms with Gasteiger partial charge in [-0.25, -0.2) is 0 Å². The molecular weight excluding hydrogens is 228 g/mol. The van der Waals surface area contributed by atoms with Crippen molar-refractivity contribution in [1.82, 2.24) is 4.98 Å². The summed E-state index contributed by atoms with van der Waals surface area (Å²) in [6.07, 6.45) is 2.34. The number of ether oxygens (including phenoxy) is 1. The van der Waals surface area contributed by atoms with Crippen LogP contribution in [0.1, 0.15) is 21.6 Å². The van der Waals surface area contributed by atoms with Crippen molar-refractivity contribution in [2.75, 3.05) is 12.3 Å². The maximum atomic E-state index is 12.3. The third-order valence-electron chi connectivity index (χ3n) is 2.98. The minimum atomic E-state index is -0.131. The summed E-state index contributed by atoms with van der Waals surface area (Å²) in [5, 5.41) is 0. The Kier molecular flexibility index (Phi) is 2.48. The van der Waals surface area contributed by atoms with E-state index in [0.717, 1.165) is 12.0 Å². The topological polar surface area (TPSA) is 65.2 Å². The smallest absolute Gasteiger partial charge is 0.215 e. The lowest BCUT2D eigenvalue weighted by atomic mass is 10.0. The van der Waals surface area contributed by atoms with E-state index in [1.807, 2.05) is 12.1 Å². The highest BCUT2D eigenvalue weighted by Crippen LogP contribution is 2.30. The number of hydrogen-bond acceptors (Lipinski definition) is 4. The van der Waals surface area contributed by atoms with Crippen molar-refractivity contribution in [1.29, 1.82) is 0 Å². The molecule has 1 aromatic carbocycles. The van der Waals surface area contributed by atoms with Crippen molar-refractivity contribution in [2.24, 2.45) is 0 Å². The van der Waals surface area contributed by atoms with Crippen molar-refractivity contribution in [3.8, 4) is 5.75 Å². The SMILES string of the molecule is Nc1ccc(C(=O)c2cccc3c2OCC3)nc1. The minimum absolute atomic E-state index is 0.131. The Balaban J connectivity index is 2.03. The van der Waals surface area contributed by atoms with Gasteiger partial charge in [-0.3, -0.25) is 9.78 Å². The number of nitrogens with zero attached hydrogens (tertiary/aromatic N) is 1. The van der Waals surface area contributed by atoms with Gasteiger partial charge in [-0.2, -0.15) is 0 Å². The predicted octanol–water partition coefficient (Wildman–Crippen LogP) is 1.83. The zero-order valence-electron chi connectivity index (χ0n) is 9.72. The van der Waals surface area contributed by atoms with Crippen LogP contribution >= 0.6 is 0 Å². The first-order valence-electron chi connectivity index (χ1n) is 5.76. The Hall–Kier alpha value is -2.36. The molecule has 3 rings (SSSR count). The molecule has 0 bridgehead atoms. The summed E-state index contributed by atoms with van der Waals surface area (Å²) in [7, 11) is 0. The highest BCUT2D eigenvalue weighted by molar-refractivity contribution is 6.09. The lowest BCUT2D eigenvalue weighted by Crippen LogP contribution is -2.06. The molecule has 4 nitrogen and oxygen atoms in total. The number of rotatable bonds is 2. The fraction of sp³-hybridized carbons (Fsp3) is 0.143. The number of ketones is 1. The van der Waals surface area contributed by atoms with E-state index in [0.29, 0.717) is 29.3 Å². The number of pyridine rings is 1. The van der Waals surface area contributed by atoms with Crippen molar-refractivity contribution in [3.05, 3.63) is 53.3 Å². The summed E-state index contributed by atoms with van der Waals surface area (Å²) >= 11 is 0. The molecule has 0 fully saturated rings. The molecule has 0 aliphatic carbocycles. The Morgan fingerprint density at radius 3 is 2.94 bits per heavy atom. The van der Waals surface area contributed by atoms with E-state index in [4.69, 9.17) is 10.5 Å². The van der Waals surface area contributed by atoms with E-state index < -0.39 is 0 Å². The number of fused-ring (bicyclic) bond motifs is 1. The lowest BCUT2D eigenvalue weighted by molar-refractivity contribution is 0.103. The maximum absolute atomic E-state index is 12.3. The average molecular weight is 240 g/mol. The van der Waals surface area contributed by atoms with E-state index in [2.05, 4.69) is 4.98 Å². The lowest BCUT2D eigenvalue weighted by Gasteiger charge is -2.06. The number of para-hydroxylation sites is 1. The van der Waals surface area contributed by atoms with Gasteiger partial charge in [0.05, 0.1) is 24.1 Å². The molecule has 2 heterocycles. The number of carbonyl (C=O) groups excluding carboxylic acids is 1. The van der Waals surface area contributed by atoms with Crippen LogP contribution in [0.25, 0.3) is 0 Å². The van der Waals surface area contributed by atoms with Crippen LogP contribution < -0.4 is 10.5 Å². The first-order valence-corrected chi connectivity index (χ1v) is 5.76. The molecule has 2 N–H and O–H groups in total. The molecule has 1 aromatic heterocycles. The van der Waals surface area contributed by atoms with Gasteiger partial charge in [0.2, 0.25) is 5.78 Å². The van der Waals surface area contributed by atoms with Crippen LogP contribution in [0.3, 0.4) is 0 Å². The minimum Gasteiger partial charge on any atom is -0.492 e. The van der Waals surface area contributed by atoms with Gasteiger partial charge in [0.25, 0.3) is 0 Å². The van der Waals surface area contributed by atoms with Gasteiger partial charge in [0.15, 0.2) is 0 Å². The summed E-state index contributed by atoms with van der Waals surface area (Å²) in [5.41, 5.74) is 8.13. The number of carbonyl (C=O) groups is 1. The van der Waals surface area contributed by atoms with Crippen molar-refractivity contribution >= 4 is 11.5 Å². The Labute approximate surface area is 104 Å². The summed E-state index contributed by atoms with van der Waals surface area (Å²) in [5.74, 6) is 0.565. The largest absolute Gasteiger partial charge is 0.492 e. The zero-order chi connectivity index (χ0) is 12.5. The third kappa shape index (κ3) is 1.72. The van der Waals surface area contributed by atoms with Crippen LogP contribution in [0, 0.1) is 0 Å². The number of hydrogen-bond donors (Lipinski definition) is 1. The van der Waals surface area contributed by atoms with Gasteiger partial charge < -0.3 is 10.5 Å². The predicted molar refractivity (Wildman–Crippen MR) is 67.7 cm³/mol. The van der Waals surface area contributed by atoms with Crippen LogP contribution in [0.5, 0.6) is 5.75 Å². The Morgan fingerprint density at radius 2 is 2.17 bits per heavy atom. The molecule has 0 radical (unpaired) electrons. The molecular formula is C14H12N2O2. The molecule has 0 saturated heterocycles. The number of benzene rings is 1. The van der Waals surface area contributed by atoms with E-state index in [1.54, 1.807) is 18.2 Å².